The Kier molecular flexibility index (Phi) is 4.55. The van der Waals surface area contributed by atoms with Gasteiger partial charge < -0.3 is 5.32 Å². The van der Waals surface area contributed by atoms with Gasteiger partial charge in [-0.15, -0.1) is 0 Å². The van der Waals surface area contributed by atoms with E-state index in [0.29, 0.717) is 0 Å². The average molecular weight is 222 g/mol. The number of carbonyl (C=O) groups is 1. The summed E-state index contributed by atoms with van der Waals surface area (Å²) in [4.78, 5) is 14.9. The van der Waals surface area contributed by atoms with Crippen LogP contribution in [0.1, 0.15) is 13.8 Å². The first-order chi connectivity index (χ1) is 6.29. The van der Waals surface area contributed by atoms with E-state index in [1.54, 1.807) is 0 Å². The first kappa shape index (κ1) is 12.9. The van der Waals surface area contributed by atoms with Crippen molar-refractivity contribution in [3.8, 4) is 0 Å². The molecule has 7 heteroatoms. The molecule has 0 aromatic heterocycles. The van der Waals surface area contributed by atoms with Crippen molar-refractivity contribution in [3.05, 3.63) is 0 Å². The quantitative estimate of drug-likeness (QED) is 0.418. The van der Waals surface area contributed by atoms with Gasteiger partial charge in [-0.05, 0) is 13.8 Å². The van der Waals surface area contributed by atoms with Crippen LogP contribution in [0.5, 0.6) is 0 Å². The van der Waals surface area contributed by atoms with Crippen LogP contribution in [-0.2, 0) is 14.7 Å². The van der Waals surface area contributed by atoms with Crippen molar-refractivity contribution >= 4 is 21.6 Å². The molecule has 82 valence electrons. The normalized spacial score (nSPS) is 14.7. The molecule has 0 aromatic carbocycles. The first-order valence-corrected chi connectivity index (χ1v) is 5.86. The largest absolute Gasteiger partial charge is 0.433 e. The Balaban J connectivity index is 4.47. The minimum Gasteiger partial charge on any atom is -0.323 e. The summed E-state index contributed by atoms with van der Waals surface area (Å²) >= 11 is 0. The van der Waals surface area contributed by atoms with Gasteiger partial charge in [0.15, 0.2) is 9.84 Å². The maximum atomic E-state index is 11.0. The van der Waals surface area contributed by atoms with E-state index in [9.17, 15) is 13.2 Å². The number of nitrogens with zero attached hydrogens (tertiary/aromatic N) is 1. The van der Waals surface area contributed by atoms with E-state index in [0.717, 1.165) is 6.26 Å². The van der Waals surface area contributed by atoms with Crippen molar-refractivity contribution < 1.29 is 18.0 Å². The van der Waals surface area contributed by atoms with Crippen LogP contribution in [0.15, 0.2) is 5.16 Å². The minimum absolute atomic E-state index is 0.233. The van der Waals surface area contributed by atoms with Crippen LogP contribution in [-0.4, -0.2) is 38.8 Å². The fraction of sp³-hybridized carbons (Fsp3) is 0.714. The van der Waals surface area contributed by atoms with E-state index in [2.05, 4.69) is 15.3 Å². The van der Waals surface area contributed by atoms with Gasteiger partial charge in [0.25, 0.3) is 0 Å². The highest BCUT2D eigenvalue weighted by Gasteiger charge is 2.18. The number of rotatable bonds is 3. The van der Waals surface area contributed by atoms with Gasteiger partial charge in [-0.25, -0.2) is 13.2 Å². The number of nitrogens with one attached hydrogen (secondary N) is 1. The zero-order chi connectivity index (χ0) is 11.4. The van der Waals surface area contributed by atoms with Crippen LogP contribution < -0.4 is 5.32 Å². The molecule has 1 amide bonds. The molecule has 0 saturated carbocycles. The summed E-state index contributed by atoms with van der Waals surface area (Å²) in [5, 5.41) is 4.81. The molecule has 0 saturated heterocycles. The lowest BCUT2D eigenvalue weighted by Gasteiger charge is -2.07. The van der Waals surface area contributed by atoms with E-state index in [-0.39, 0.29) is 5.71 Å². The van der Waals surface area contributed by atoms with Crippen LogP contribution >= 0.6 is 0 Å². The number of hydrogen-bond acceptors (Lipinski definition) is 5. The maximum absolute atomic E-state index is 11.0. The van der Waals surface area contributed by atoms with Crippen LogP contribution in [0.2, 0.25) is 0 Å². The molecule has 6 nitrogen and oxygen atoms in total. The molecule has 0 heterocycles. The summed E-state index contributed by atoms with van der Waals surface area (Å²) < 4.78 is 22.1. The van der Waals surface area contributed by atoms with Gasteiger partial charge in [-0.3, -0.25) is 4.84 Å². The molecule has 0 aliphatic rings. The highest BCUT2D eigenvalue weighted by Crippen LogP contribution is 2.01. The molecule has 0 aliphatic heterocycles. The van der Waals surface area contributed by atoms with Gasteiger partial charge in [0.1, 0.15) is 0 Å². The highest BCUT2D eigenvalue weighted by molar-refractivity contribution is 7.92. The van der Waals surface area contributed by atoms with E-state index >= 15 is 0 Å². The summed E-state index contributed by atoms with van der Waals surface area (Å²) in [7, 11) is -1.82. The Labute approximate surface area is 83.2 Å². The Bertz CT molecular complexity index is 334. The molecule has 14 heavy (non-hydrogen) atoms. The predicted octanol–water partition coefficient (Wildman–Crippen LogP) is 0.151. The monoisotopic (exact) mass is 222 g/mol. The maximum Gasteiger partial charge on any atom is 0.433 e. The summed E-state index contributed by atoms with van der Waals surface area (Å²) in [6, 6.07) is 0. The van der Waals surface area contributed by atoms with Crippen molar-refractivity contribution in [1.29, 1.82) is 0 Å². The SMILES string of the molecule is CNC(=O)O/N=C(/C)C(C)S(C)(=O)=O. The predicted molar refractivity (Wildman–Crippen MR) is 53.0 cm³/mol. The van der Waals surface area contributed by atoms with Crippen molar-refractivity contribution in [3.63, 3.8) is 0 Å². The zero-order valence-electron chi connectivity index (χ0n) is 8.57. The number of amides is 1. The number of oxime groups is 1. The lowest BCUT2D eigenvalue weighted by Crippen LogP contribution is -2.25. The Morgan fingerprint density at radius 2 is 2.00 bits per heavy atom. The first-order valence-electron chi connectivity index (χ1n) is 3.91. The summed E-state index contributed by atoms with van der Waals surface area (Å²) in [6.45, 7) is 2.95. The molecule has 1 N–H and O–H groups in total. The fourth-order valence-corrected chi connectivity index (χ4v) is 1.21. The standard InChI is InChI=1S/C7H14N2O4S/c1-5(6(2)14(4,11)12)9-13-7(10)8-3/h6H,1-4H3,(H,8,10)/b9-5-. The second-order valence-electron chi connectivity index (χ2n) is 2.83. The lowest BCUT2D eigenvalue weighted by molar-refractivity contribution is 0.153. The molecule has 0 spiro atoms. The highest BCUT2D eigenvalue weighted by atomic mass is 32.2. The van der Waals surface area contributed by atoms with E-state index < -0.39 is 21.2 Å². The topological polar surface area (TPSA) is 84.8 Å². The Hall–Kier alpha value is -1.11. The zero-order valence-corrected chi connectivity index (χ0v) is 9.38. The molecule has 0 aliphatic carbocycles. The minimum atomic E-state index is -3.20. The molecule has 0 rings (SSSR count). The van der Waals surface area contributed by atoms with Crippen molar-refractivity contribution in [2.75, 3.05) is 13.3 Å². The molecule has 1 unspecified atom stereocenters. The smallest absolute Gasteiger partial charge is 0.323 e. The van der Waals surface area contributed by atoms with Crippen LogP contribution in [0.3, 0.4) is 0 Å². The molecular formula is C7H14N2O4S. The number of sulfone groups is 1. The van der Waals surface area contributed by atoms with Crippen LogP contribution in [0.25, 0.3) is 0 Å². The molecule has 0 fully saturated rings. The van der Waals surface area contributed by atoms with E-state index in [4.69, 9.17) is 0 Å². The number of hydrogen-bond donors (Lipinski definition) is 1. The molecule has 0 aromatic rings. The van der Waals surface area contributed by atoms with Gasteiger partial charge in [0.2, 0.25) is 0 Å². The van der Waals surface area contributed by atoms with Crippen molar-refractivity contribution in [2.24, 2.45) is 5.16 Å². The second-order valence-corrected chi connectivity index (χ2v) is 5.20. The van der Waals surface area contributed by atoms with Gasteiger partial charge in [-0.1, -0.05) is 5.16 Å². The van der Waals surface area contributed by atoms with E-state index in [1.165, 1.54) is 20.9 Å². The Morgan fingerprint density at radius 1 is 1.50 bits per heavy atom. The van der Waals surface area contributed by atoms with Gasteiger partial charge in [-0.2, -0.15) is 0 Å². The summed E-state index contributed by atoms with van der Waals surface area (Å²) in [5.74, 6) is 0. The second kappa shape index (κ2) is 4.94. The number of carbonyl (C=O) groups excluding carboxylic acids is 1. The van der Waals surface area contributed by atoms with Gasteiger partial charge in [0.05, 0.1) is 11.0 Å². The summed E-state index contributed by atoms with van der Waals surface area (Å²) in [5.41, 5.74) is 0.233. The van der Waals surface area contributed by atoms with Gasteiger partial charge >= 0.3 is 6.09 Å². The van der Waals surface area contributed by atoms with Crippen molar-refractivity contribution in [2.45, 2.75) is 19.1 Å². The summed E-state index contributed by atoms with van der Waals surface area (Å²) in [6.07, 6.45) is 0.362. The Morgan fingerprint density at radius 3 is 2.36 bits per heavy atom. The molecular weight excluding hydrogens is 208 g/mol. The van der Waals surface area contributed by atoms with Gasteiger partial charge in [0, 0.05) is 13.3 Å². The molecule has 0 bridgehead atoms. The lowest BCUT2D eigenvalue weighted by atomic mass is 10.3. The van der Waals surface area contributed by atoms with Crippen molar-refractivity contribution in [1.82, 2.24) is 5.32 Å². The van der Waals surface area contributed by atoms with Crippen LogP contribution in [0.4, 0.5) is 4.79 Å². The fourth-order valence-electron chi connectivity index (χ4n) is 0.543. The van der Waals surface area contributed by atoms with E-state index in [1.807, 2.05) is 0 Å². The third kappa shape index (κ3) is 4.22. The third-order valence-corrected chi connectivity index (χ3v) is 3.33. The third-order valence-electron chi connectivity index (χ3n) is 1.71. The average Bonchev–Trinajstić information content (AvgIpc) is 2.10. The molecule has 0 radical (unpaired) electrons. The molecule has 1 atom stereocenters. The van der Waals surface area contributed by atoms with Crippen LogP contribution in [0, 0.1) is 0 Å².